The van der Waals surface area contributed by atoms with Crippen molar-refractivity contribution < 1.29 is 22.6 Å². The zero-order valence-corrected chi connectivity index (χ0v) is 13.9. The number of aliphatic imine (C=N–C) groups is 1. The van der Waals surface area contributed by atoms with E-state index < -0.39 is 12.8 Å². The first kappa shape index (κ1) is 20.2. The van der Waals surface area contributed by atoms with Crippen molar-refractivity contribution in [1.29, 1.82) is 0 Å². The summed E-state index contributed by atoms with van der Waals surface area (Å²) in [7, 11) is 1.62. The van der Waals surface area contributed by atoms with Gasteiger partial charge in [0.05, 0.1) is 19.8 Å². The first-order valence-corrected chi connectivity index (χ1v) is 7.68. The number of methoxy groups -OCH3 is 1. The predicted octanol–water partition coefficient (Wildman–Crippen LogP) is 2.47. The number of hydrogen-bond acceptors (Lipinski definition) is 3. The van der Waals surface area contributed by atoms with E-state index in [0.717, 1.165) is 12.1 Å². The molecule has 5 nitrogen and oxygen atoms in total. The van der Waals surface area contributed by atoms with Crippen LogP contribution in [0.25, 0.3) is 0 Å². The lowest BCUT2D eigenvalue weighted by molar-refractivity contribution is -0.176. The van der Waals surface area contributed by atoms with Gasteiger partial charge in [-0.2, -0.15) is 13.2 Å². The van der Waals surface area contributed by atoms with Gasteiger partial charge in [-0.3, -0.25) is 0 Å². The van der Waals surface area contributed by atoms with Crippen molar-refractivity contribution in [3.8, 4) is 0 Å². The molecular formula is C16H24F3N3O2. The minimum atomic E-state index is -4.31. The molecule has 0 radical (unpaired) electrons. The number of ether oxygens (including phenoxy) is 2. The van der Waals surface area contributed by atoms with Gasteiger partial charge in [-0.15, -0.1) is 0 Å². The molecule has 2 N–H and O–H groups in total. The van der Waals surface area contributed by atoms with Gasteiger partial charge in [0.2, 0.25) is 0 Å². The normalized spacial score (nSPS) is 12.3. The quantitative estimate of drug-likeness (QED) is 0.409. The molecule has 0 saturated heterocycles. The standard InChI is InChI=1S/C16H24F3N3O2/c1-3-20-15(21-7-8-23-2)22-10-13-5-4-6-14(9-13)11-24-12-16(17,18)19/h4-6,9H,3,7-8,10-12H2,1-2H3,(H2,20,21,22). The fourth-order valence-electron chi connectivity index (χ4n) is 1.89. The molecule has 1 rings (SSSR count). The van der Waals surface area contributed by atoms with E-state index in [0.29, 0.717) is 31.2 Å². The minimum absolute atomic E-state index is 0.0801. The van der Waals surface area contributed by atoms with E-state index in [1.807, 2.05) is 13.0 Å². The topological polar surface area (TPSA) is 54.9 Å². The molecule has 0 atom stereocenters. The maximum Gasteiger partial charge on any atom is 0.411 e. The highest BCUT2D eigenvalue weighted by Crippen LogP contribution is 2.16. The monoisotopic (exact) mass is 347 g/mol. The van der Waals surface area contributed by atoms with E-state index in [4.69, 9.17) is 4.74 Å². The van der Waals surface area contributed by atoms with Crippen LogP contribution >= 0.6 is 0 Å². The van der Waals surface area contributed by atoms with Gasteiger partial charge in [-0.25, -0.2) is 4.99 Å². The van der Waals surface area contributed by atoms with Gasteiger partial charge in [0.25, 0.3) is 0 Å². The third-order valence-electron chi connectivity index (χ3n) is 2.89. The summed E-state index contributed by atoms with van der Waals surface area (Å²) in [6.07, 6.45) is -4.31. The van der Waals surface area contributed by atoms with Gasteiger partial charge in [0.1, 0.15) is 6.61 Å². The zero-order chi connectivity index (χ0) is 17.8. The summed E-state index contributed by atoms with van der Waals surface area (Å²) in [4.78, 5) is 4.43. The Balaban J connectivity index is 2.56. The molecule has 0 spiro atoms. The minimum Gasteiger partial charge on any atom is -0.383 e. The lowest BCUT2D eigenvalue weighted by atomic mass is 10.1. The lowest BCUT2D eigenvalue weighted by Gasteiger charge is -2.11. The Morgan fingerprint density at radius 2 is 1.96 bits per heavy atom. The molecule has 8 heteroatoms. The van der Waals surface area contributed by atoms with Crippen LogP contribution in [0.15, 0.2) is 29.3 Å². The zero-order valence-electron chi connectivity index (χ0n) is 13.9. The Morgan fingerprint density at radius 3 is 2.62 bits per heavy atom. The van der Waals surface area contributed by atoms with E-state index >= 15 is 0 Å². The number of rotatable bonds is 9. The highest BCUT2D eigenvalue weighted by molar-refractivity contribution is 5.79. The SMILES string of the molecule is CCNC(=NCc1cccc(COCC(F)(F)F)c1)NCCOC. The largest absolute Gasteiger partial charge is 0.411 e. The van der Waals surface area contributed by atoms with Crippen LogP contribution < -0.4 is 10.6 Å². The number of benzene rings is 1. The van der Waals surface area contributed by atoms with Gasteiger partial charge in [0.15, 0.2) is 5.96 Å². The van der Waals surface area contributed by atoms with Crippen LogP contribution in [0.5, 0.6) is 0 Å². The second kappa shape index (κ2) is 10.9. The maximum atomic E-state index is 12.1. The third-order valence-corrected chi connectivity index (χ3v) is 2.89. The Kier molecular flexibility index (Phi) is 9.18. The van der Waals surface area contributed by atoms with E-state index in [2.05, 4.69) is 20.4 Å². The van der Waals surface area contributed by atoms with Crippen molar-refractivity contribution in [2.24, 2.45) is 4.99 Å². The molecule has 1 aromatic rings. The summed E-state index contributed by atoms with van der Waals surface area (Å²) in [6, 6.07) is 7.17. The van der Waals surface area contributed by atoms with Crippen LogP contribution in [0.4, 0.5) is 13.2 Å². The molecule has 0 aromatic heterocycles. The first-order valence-electron chi connectivity index (χ1n) is 7.68. The van der Waals surface area contributed by atoms with Gasteiger partial charge in [0, 0.05) is 20.2 Å². The molecule has 0 amide bonds. The molecule has 0 aliphatic rings. The van der Waals surface area contributed by atoms with Gasteiger partial charge in [-0.1, -0.05) is 24.3 Å². The van der Waals surface area contributed by atoms with E-state index in [-0.39, 0.29) is 6.61 Å². The fraction of sp³-hybridized carbons (Fsp3) is 0.562. The smallest absolute Gasteiger partial charge is 0.383 e. The van der Waals surface area contributed by atoms with Crippen molar-refractivity contribution in [1.82, 2.24) is 10.6 Å². The van der Waals surface area contributed by atoms with Crippen molar-refractivity contribution >= 4 is 5.96 Å². The number of alkyl halides is 3. The van der Waals surface area contributed by atoms with Crippen molar-refractivity contribution in [2.75, 3.05) is 33.4 Å². The third kappa shape index (κ3) is 9.36. The summed E-state index contributed by atoms with van der Waals surface area (Å²) in [5.74, 6) is 0.660. The Labute approximate surface area is 140 Å². The van der Waals surface area contributed by atoms with E-state index in [1.54, 1.807) is 25.3 Å². The molecular weight excluding hydrogens is 323 g/mol. The maximum absolute atomic E-state index is 12.1. The van der Waals surface area contributed by atoms with Crippen molar-refractivity contribution in [2.45, 2.75) is 26.3 Å². The molecule has 0 saturated carbocycles. The van der Waals surface area contributed by atoms with Gasteiger partial charge in [-0.05, 0) is 18.1 Å². The Bertz CT molecular complexity index is 508. The second-order valence-electron chi connectivity index (χ2n) is 5.04. The Morgan fingerprint density at radius 1 is 1.21 bits per heavy atom. The molecule has 24 heavy (non-hydrogen) atoms. The average molecular weight is 347 g/mol. The van der Waals surface area contributed by atoms with E-state index in [1.165, 1.54) is 0 Å². The molecule has 0 aliphatic carbocycles. The van der Waals surface area contributed by atoms with Crippen LogP contribution in [0.3, 0.4) is 0 Å². The summed E-state index contributed by atoms with van der Waals surface area (Å²) in [5, 5.41) is 6.23. The highest BCUT2D eigenvalue weighted by Gasteiger charge is 2.27. The van der Waals surface area contributed by atoms with Crippen LogP contribution in [0.2, 0.25) is 0 Å². The molecule has 0 aliphatic heterocycles. The van der Waals surface area contributed by atoms with Crippen LogP contribution in [0, 0.1) is 0 Å². The van der Waals surface area contributed by atoms with Crippen LogP contribution in [-0.2, 0) is 22.6 Å². The second-order valence-corrected chi connectivity index (χ2v) is 5.04. The van der Waals surface area contributed by atoms with Crippen molar-refractivity contribution in [3.63, 3.8) is 0 Å². The number of nitrogens with one attached hydrogen (secondary N) is 2. The van der Waals surface area contributed by atoms with Crippen molar-refractivity contribution in [3.05, 3.63) is 35.4 Å². The number of hydrogen-bond donors (Lipinski definition) is 2. The fourth-order valence-corrected chi connectivity index (χ4v) is 1.89. The summed E-state index contributed by atoms with van der Waals surface area (Å²) in [5.41, 5.74) is 1.58. The number of guanidine groups is 1. The molecule has 0 unspecified atom stereocenters. The molecule has 136 valence electrons. The first-order chi connectivity index (χ1) is 11.4. The van der Waals surface area contributed by atoms with Crippen LogP contribution in [0.1, 0.15) is 18.1 Å². The Hall–Kier alpha value is -1.80. The summed E-state index contributed by atoms with van der Waals surface area (Å²) < 4.78 is 45.9. The number of halogens is 3. The van der Waals surface area contributed by atoms with Gasteiger partial charge >= 0.3 is 6.18 Å². The molecule has 0 heterocycles. The van der Waals surface area contributed by atoms with E-state index in [9.17, 15) is 13.2 Å². The molecule has 0 bridgehead atoms. The summed E-state index contributed by atoms with van der Waals surface area (Å²) in [6.45, 7) is 2.97. The average Bonchev–Trinajstić information content (AvgIpc) is 2.52. The number of nitrogens with zero attached hydrogens (tertiary/aromatic N) is 1. The van der Waals surface area contributed by atoms with Crippen LogP contribution in [-0.4, -0.2) is 45.5 Å². The predicted molar refractivity (Wildman–Crippen MR) is 86.8 cm³/mol. The molecule has 0 fully saturated rings. The van der Waals surface area contributed by atoms with Gasteiger partial charge < -0.3 is 20.1 Å². The highest BCUT2D eigenvalue weighted by atomic mass is 19.4. The summed E-state index contributed by atoms with van der Waals surface area (Å²) >= 11 is 0. The molecule has 1 aromatic carbocycles. The lowest BCUT2D eigenvalue weighted by Crippen LogP contribution is -2.38.